The number of aromatic nitrogens is 4. The number of halogens is 1. The highest BCUT2D eigenvalue weighted by molar-refractivity contribution is 6.28. The highest BCUT2D eigenvalue weighted by atomic mass is 35.5. The van der Waals surface area contributed by atoms with Crippen molar-refractivity contribution in [2.24, 2.45) is 0 Å². The molecule has 2 aromatic heterocycles. The van der Waals surface area contributed by atoms with Gasteiger partial charge in [-0.2, -0.15) is 9.97 Å². The van der Waals surface area contributed by atoms with Gasteiger partial charge < -0.3 is 9.88 Å². The van der Waals surface area contributed by atoms with Crippen molar-refractivity contribution in [3.8, 4) is 0 Å². The number of benzene rings is 1. The van der Waals surface area contributed by atoms with E-state index in [1.54, 1.807) is 0 Å². The molecule has 0 unspecified atom stereocenters. The lowest BCUT2D eigenvalue weighted by Crippen LogP contribution is -2.07. The van der Waals surface area contributed by atoms with Crippen molar-refractivity contribution in [2.45, 2.75) is 32.7 Å². The van der Waals surface area contributed by atoms with Crippen molar-refractivity contribution in [2.75, 3.05) is 5.32 Å². The van der Waals surface area contributed by atoms with Gasteiger partial charge in [0.05, 0.1) is 6.33 Å². The van der Waals surface area contributed by atoms with Gasteiger partial charge in [-0.15, -0.1) is 0 Å². The van der Waals surface area contributed by atoms with Crippen molar-refractivity contribution in [3.63, 3.8) is 0 Å². The Morgan fingerprint density at radius 2 is 1.86 bits per heavy atom. The highest BCUT2D eigenvalue weighted by Gasteiger charge is 2.16. The Labute approximate surface area is 134 Å². The van der Waals surface area contributed by atoms with Crippen LogP contribution in [-0.2, 0) is 0 Å². The van der Waals surface area contributed by atoms with Crippen molar-refractivity contribution in [1.82, 2.24) is 19.5 Å². The topological polar surface area (TPSA) is 55.6 Å². The molecule has 0 atom stereocenters. The minimum atomic E-state index is 0.221. The van der Waals surface area contributed by atoms with Gasteiger partial charge in [-0.1, -0.05) is 32.0 Å². The van der Waals surface area contributed by atoms with Gasteiger partial charge in [0.1, 0.15) is 0 Å². The first-order valence-corrected chi connectivity index (χ1v) is 7.82. The maximum atomic E-state index is 6.11. The Kier molecular flexibility index (Phi) is 4.24. The molecule has 3 rings (SSSR count). The van der Waals surface area contributed by atoms with Crippen LogP contribution in [-0.4, -0.2) is 19.5 Å². The van der Waals surface area contributed by atoms with Crippen molar-refractivity contribution in [1.29, 1.82) is 0 Å². The zero-order valence-corrected chi connectivity index (χ0v) is 13.4. The molecule has 0 aliphatic carbocycles. The third-order valence-electron chi connectivity index (χ3n) is 3.77. The van der Waals surface area contributed by atoms with Crippen LogP contribution in [0, 0.1) is 0 Å². The van der Waals surface area contributed by atoms with Crippen LogP contribution in [0.25, 0.3) is 11.2 Å². The summed E-state index contributed by atoms with van der Waals surface area (Å²) < 4.78 is 2.08. The van der Waals surface area contributed by atoms with Crippen LogP contribution in [0.2, 0.25) is 5.28 Å². The van der Waals surface area contributed by atoms with Crippen LogP contribution in [0.15, 0.2) is 36.7 Å². The summed E-state index contributed by atoms with van der Waals surface area (Å²) in [5.74, 6) is 0.630. The smallest absolute Gasteiger partial charge is 0.226 e. The highest BCUT2D eigenvalue weighted by Crippen LogP contribution is 2.27. The summed E-state index contributed by atoms with van der Waals surface area (Å²) in [5, 5.41) is 3.49. The summed E-state index contributed by atoms with van der Waals surface area (Å²) in [6.07, 6.45) is 3.86. The second-order valence-corrected chi connectivity index (χ2v) is 5.46. The number of imidazole rings is 1. The van der Waals surface area contributed by atoms with E-state index in [0.717, 1.165) is 29.7 Å². The van der Waals surface area contributed by atoms with E-state index >= 15 is 0 Å². The zero-order valence-electron chi connectivity index (χ0n) is 12.6. The molecular weight excluding hydrogens is 298 g/mol. The first kappa shape index (κ1) is 14.8. The summed E-state index contributed by atoms with van der Waals surface area (Å²) in [6.45, 7) is 4.32. The average molecular weight is 316 g/mol. The first-order chi connectivity index (χ1) is 10.7. The first-order valence-electron chi connectivity index (χ1n) is 7.45. The van der Waals surface area contributed by atoms with Crippen molar-refractivity contribution in [3.05, 3.63) is 41.9 Å². The fraction of sp³-hybridized carbons (Fsp3) is 0.312. The quantitative estimate of drug-likeness (QED) is 0.700. The minimum absolute atomic E-state index is 0.221. The molecule has 3 aromatic rings. The molecule has 1 aromatic carbocycles. The van der Waals surface area contributed by atoms with Crippen molar-refractivity contribution >= 4 is 34.3 Å². The number of fused-ring (bicyclic) bond motifs is 1. The molecular formula is C16H18ClN5. The number of nitrogens with zero attached hydrogens (tertiary/aromatic N) is 4. The third kappa shape index (κ3) is 2.76. The Bertz CT molecular complexity index is 765. The maximum Gasteiger partial charge on any atom is 0.226 e. The van der Waals surface area contributed by atoms with Crippen LogP contribution < -0.4 is 5.32 Å². The molecule has 0 bridgehead atoms. The Hall–Kier alpha value is -2.14. The maximum absolute atomic E-state index is 6.11. The molecule has 0 aliphatic rings. The molecule has 0 radical (unpaired) electrons. The molecule has 6 heteroatoms. The van der Waals surface area contributed by atoms with Gasteiger partial charge in [-0.05, 0) is 36.6 Å². The number of rotatable bonds is 5. The van der Waals surface area contributed by atoms with E-state index in [4.69, 9.17) is 11.6 Å². The predicted molar refractivity (Wildman–Crippen MR) is 89.7 cm³/mol. The summed E-state index contributed by atoms with van der Waals surface area (Å²) in [4.78, 5) is 13.1. The normalized spacial score (nSPS) is 11.3. The molecule has 0 saturated heterocycles. The predicted octanol–water partition coefficient (Wildman–Crippen LogP) is 4.58. The largest absolute Gasteiger partial charge is 0.338 e. The summed E-state index contributed by atoms with van der Waals surface area (Å²) in [6, 6.07) is 10.2. The molecule has 0 spiro atoms. The third-order valence-corrected chi connectivity index (χ3v) is 3.94. The molecule has 0 aliphatic heterocycles. The molecule has 114 valence electrons. The number of hydrogen-bond donors (Lipinski definition) is 1. The van der Waals surface area contributed by atoms with E-state index in [-0.39, 0.29) is 5.28 Å². The van der Waals surface area contributed by atoms with Gasteiger partial charge in [0.2, 0.25) is 5.28 Å². The Morgan fingerprint density at radius 3 is 2.55 bits per heavy atom. The molecule has 2 heterocycles. The summed E-state index contributed by atoms with van der Waals surface area (Å²) in [7, 11) is 0. The number of hydrogen-bond acceptors (Lipinski definition) is 4. The standard InChI is InChI=1S/C16H18ClN5/c1-3-12(4-2)22-10-18-13-14(20-16(17)21-15(13)22)19-11-8-6-5-7-9-11/h5-10,12H,3-4H2,1-2H3,(H,19,20,21). The monoisotopic (exact) mass is 315 g/mol. The number of para-hydroxylation sites is 1. The summed E-state index contributed by atoms with van der Waals surface area (Å²) in [5.41, 5.74) is 2.45. The molecule has 0 amide bonds. The second-order valence-electron chi connectivity index (χ2n) is 5.13. The van der Waals surface area contributed by atoms with Crippen LogP contribution in [0.3, 0.4) is 0 Å². The number of nitrogens with one attached hydrogen (secondary N) is 1. The van der Waals surface area contributed by atoms with E-state index in [9.17, 15) is 0 Å². The van der Waals surface area contributed by atoms with E-state index < -0.39 is 0 Å². The zero-order chi connectivity index (χ0) is 15.5. The van der Waals surface area contributed by atoms with E-state index in [2.05, 4.69) is 38.7 Å². The van der Waals surface area contributed by atoms with Gasteiger partial charge in [0, 0.05) is 11.7 Å². The fourth-order valence-electron chi connectivity index (χ4n) is 2.58. The van der Waals surface area contributed by atoms with Gasteiger partial charge in [-0.25, -0.2) is 4.98 Å². The lowest BCUT2D eigenvalue weighted by Gasteiger charge is -2.15. The van der Waals surface area contributed by atoms with Gasteiger partial charge in [0.15, 0.2) is 17.0 Å². The Balaban J connectivity index is 2.08. The Morgan fingerprint density at radius 1 is 1.14 bits per heavy atom. The number of anilines is 2. The second kappa shape index (κ2) is 6.32. The minimum Gasteiger partial charge on any atom is -0.338 e. The van der Waals surface area contributed by atoms with E-state index in [1.807, 2.05) is 36.7 Å². The van der Waals surface area contributed by atoms with Crippen LogP contribution in [0.5, 0.6) is 0 Å². The lowest BCUT2D eigenvalue weighted by atomic mass is 10.2. The SMILES string of the molecule is CCC(CC)n1cnc2c(Nc3ccccc3)nc(Cl)nc21. The molecule has 0 fully saturated rings. The van der Waals surface area contributed by atoms with Crippen LogP contribution >= 0.6 is 11.6 Å². The van der Waals surface area contributed by atoms with Gasteiger partial charge in [-0.3, -0.25) is 0 Å². The summed E-state index contributed by atoms with van der Waals surface area (Å²) >= 11 is 6.11. The van der Waals surface area contributed by atoms with Crippen LogP contribution in [0.1, 0.15) is 32.7 Å². The molecule has 22 heavy (non-hydrogen) atoms. The lowest BCUT2D eigenvalue weighted by molar-refractivity contribution is 0.480. The van der Waals surface area contributed by atoms with E-state index in [0.29, 0.717) is 11.9 Å². The average Bonchev–Trinajstić information content (AvgIpc) is 2.94. The van der Waals surface area contributed by atoms with Crippen molar-refractivity contribution < 1.29 is 0 Å². The molecule has 5 nitrogen and oxygen atoms in total. The van der Waals surface area contributed by atoms with Crippen LogP contribution in [0.4, 0.5) is 11.5 Å². The van der Waals surface area contributed by atoms with Gasteiger partial charge >= 0.3 is 0 Å². The molecule has 0 saturated carbocycles. The fourth-order valence-corrected chi connectivity index (χ4v) is 2.75. The van der Waals surface area contributed by atoms with E-state index in [1.165, 1.54) is 0 Å². The van der Waals surface area contributed by atoms with Gasteiger partial charge in [0.25, 0.3) is 0 Å². The molecule has 1 N–H and O–H groups in total.